The highest BCUT2D eigenvalue weighted by Crippen LogP contribution is 2.29. The van der Waals surface area contributed by atoms with Crippen molar-refractivity contribution in [3.05, 3.63) is 70.9 Å². The maximum absolute atomic E-state index is 12.0. The number of carboxylic acid groups (broad SMARTS) is 1. The van der Waals surface area contributed by atoms with Crippen molar-refractivity contribution >= 4 is 34.5 Å². The predicted molar refractivity (Wildman–Crippen MR) is 119 cm³/mol. The highest BCUT2D eigenvalue weighted by molar-refractivity contribution is 6.05. The van der Waals surface area contributed by atoms with Gasteiger partial charge in [-0.1, -0.05) is 23.8 Å². The normalized spacial score (nSPS) is 11.2. The molecule has 3 rings (SSSR count). The fourth-order valence-corrected chi connectivity index (χ4v) is 3.35. The Kier molecular flexibility index (Phi) is 6.53. The number of aromatic nitrogens is 1. The number of nitrogens with zero attached hydrogens (tertiary/aromatic N) is 1. The molecule has 3 aromatic rings. The van der Waals surface area contributed by atoms with Gasteiger partial charge in [0, 0.05) is 16.6 Å². The molecule has 0 aliphatic heterocycles. The van der Waals surface area contributed by atoms with E-state index in [0.717, 1.165) is 17.2 Å². The minimum Gasteiger partial charge on any atom is -0.478 e. The van der Waals surface area contributed by atoms with E-state index in [9.17, 15) is 19.5 Å². The number of ether oxygens (including phenoxy) is 2. The smallest absolute Gasteiger partial charge is 0.354 e. The summed E-state index contributed by atoms with van der Waals surface area (Å²) in [6.45, 7) is 3.79. The van der Waals surface area contributed by atoms with Crippen molar-refractivity contribution in [1.82, 2.24) is 4.98 Å². The van der Waals surface area contributed by atoms with E-state index in [1.165, 1.54) is 20.3 Å². The first-order valence-corrected chi connectivity index (χ1v) is 9.64. The summed E-state index contributed by atoms with van der Waals surface area (Å²) < 4.78 is 9.28. The fraction of sp³-hybridized carbons (Fsp3) is 0.167. The Labute approximate surface area is 184 Å². The molecule has 0 saturated heterocycles. The second-order valence-electron chi connectivity index (χ2n) is 7.12. The summed E-state index contributed by atoms with van der Waals surface area (Å²) in [6.07, 6.45) is 0.987. The molecular formula is C24H22N2O6. The Morgan fingerprint density at radius 3 is 2.44 bits per heavy atom. The van der Waals surface area contributed by atoms with Gasteiger partial charge < -0.3 is 19.9 Å². The van der Waals surface area contributed by atoms with E-state index in [0.29, 0.717) is 27.8 Å². The number of carbonyl (C=O) groups excluding carboxylic acids is 2. The second kappa shape index (κ2) is 9.30. The minimum absolute atomic E-state index is 0.111. The standard InChI is InChI=1S/C24H22N2O6/c1-13-8-14(2)22-17(9-13)18(23(28)29)11-19(26-22)15-6-5-7-16(10-15)25-20(24(30)32-4)12-21(27)31-3/h5-12,25H,1-4H3,(H,28,29)/b20-12+. The van der Waals surface area contributed by atoms with Gasteiger partial charge in [-0.2, -0.15) is 0 Å². The number of rotatable bonds is 6. The summed E-state index contributed by atoms with van der Waals surface area (Å²) in [5.74, 6) is -2.52. The molecule has 0 aliphatic carbocycles. The molecule has 2 aromatic carbocycles. The number of pyridine rings is 1. The first-order chi connectivity index (χ1) is 15.2. The number of hydrogen-bond acceptors (Lipinski definition) is 7. The highest BCUT2D eigenvalue weighted by Gasteiger charge is 2.16. The van der Waals surface area contributed by atoms with Crippen molar-refractivity contribution in [2.45, 2.75) is 13.8 Å². The molecule has 0 saturated carbocycles. The van der Waals surface area contributed by atoms with E-state index < -0.39 is 17.9 Å². The largest absolute Gasteiger partial charge is 0.478 e. The van der Waals surface area contributed by atoms with Gasteiger partial charge in [0.05, 0.1) is 37.1 Å². The lowest BCUT2D eigenvalue weighted by Crippen LogP contribution is -2.15. The number of anilines is 1. The number of carboxylic acids is 1. The molecule has 0 spiro atoms. The molecule has 0 fully saturated rings. The first-order valence-electron chi connectivity index (χ1n) is 9.64. The van der Waals surface area contributed by atoms with Gasteiger partial charge in [-0.15, -0.1) is 0 Å². The van der Waals surface area contributed by atoms with Crippen LogP contribution in [-0.4, -0.2) is 42.2 Å². The van der Waals surface area contributed by atoms with Crippen molar-refractivity contribution in [1.29, 1.82) is 0 Å². The molecule has 8 nitrogen and oxygen atoms in total. The van der Waals surface area contributed by atoms with Crippen LogP contribution in [0.4, 0.5) is 5.69 Å². The van der Waals surface area contributed by atoms with Gasteiger partial charge in [0.2, 0.25) is 0 Å². The van der Waals surface area contributed by atoms with E-state index in [1.54, 1.807) is 30.3 Å². The summed E-state index contributed by atoms with van der Waals surface area (Å²) >= 11 is 0. The summed E-state index contributed by atoms with van der Waals surface area (Å²) in [7, 11) is 2.39. The van der Waals surface area contributed by atoms with Gasteiger partial charge in [0.1, 0.15) is 5.70 Å². The lowest BCUT2D eigenvalue weighted by molar-refractivity contribution is -0.138. The van der Waals surface area contributed by atoms with Crippen LogP contribution in [0.3, 0.4) is 0 Å². The van der Waals surface area contributed by atoms with Crippen molar-refractivity contribution in [2.75, 3.05) is 19.5 Å². The van der Waals surface area contributed by atoms with Gasteiger partial charge in [-0.05, 0) is 43.7 Å². The summed E-state index contributed by atoms with van der Waals surface area (Å²) in [6, 6.07) is 12.1. The van der Waals surface area contributed by atoms with Crippen LogP contribution in [0.1, 0.15) is 21.5 Å². The third kappa shape index (κ3) is 4.75. The zero-order chi connectivity index (χ0) is 23.4. The average molecular weight is 434 g/mol. The van der Waals surface area contributed by atoms with Crippen molar-refractivity contribution in [3.8, 4) is 11.3 Å². The number of nitrogens with one attached hydrogen (secondary N) is 1. The Morgan fingerprint density at radius 1 is 1.03 bits per heavy atom. The monoisotopic (exact) mass is 434 g/mol. The molecule has 0 aliphatic rings. The lowest BCUT2D eigenvalue weighted by Gasteiger charge is -2.12. The van der Waals surface area contributed by atoms with E-state index in [1.807, 2.05) is 19.9 Å². The summed E-state index contributed by atoms with van der Waals surface area (Å²) in [5.41, 5.74) is 4.02. The van der Waals surface area contributed by atoms with Crippen LogP contribution in [0.2, 0.25) is 0 Å². The first kappa shape index (κ1) is 22.5. The Hall–Kier alpha value is -4.20. The topological polar surface area (TPSA) is 115 Å². The van der Waals surface area contributed by atoms with Crippen LogP contribution >= 0.6 is 0 Å². The second-order valence-corrected chi connectivity index (χ2v) is 7.12. The van der Waals surface area contributed by atoms with Crippen LogP contribution in [-0.2, 0) is 19.1 Å². The zero-order valence-corrected chi connectivity index (χ0v) is 18.1. The van der Waals surface area contributed by atoms with Crippen LogP contribution in [0.15, 0.2) is 54.2 Å². The molecule has 0 amide bonds. The molecule has 8 heteroatoms. The highest BCUT2D eigenvalue weighted by atomic mass is 16.5. The number of fused-ring (bicyclic) bond motifs is 1. The molecule has 0 unspecified atom stereocenters. The number of esters is 2. The van der Waals surface area contributed by atoms with Crippen molar-refractivity contribution < 1.29 is 29.0 Å². The molecule has 0 radical (unpaired) electrons. The molecule has 164 valence electrons. The molecule has 32 heavy (non-hydrogen) atoms. The third-order valence-electron chi connectivity index (χ3n) is 4.78. The van der Waals surface area contributed by atoms with Crippen LogP contribution < -0.4 is 5.32 Å². The lowest BCUT2D eigenvalue weighted by atomic mass is 9.99. The number of hydrogen-bond donors (Lipinski definition) is 2. The number of carbonyl (C=O) groups is 3. The number of methoxy groups -OCH3 is 2. The van der Waals surface area contributed by atoms with E-state index in [4.69, 9.17) is 9.72 Å². The van der Waals surface area contributed by atoms with Crippen LogP contribution in [0.5, 0.6) is 0 Å². The van der Waals surface area contributed by atoms with Crippen LogP contribution in [0, 0.1) is 13.8 Å². The Balaban J connectivity index is 2.09. The summed E-state index contributed by atoms with van der Waals surface area (Å²) in [4.78, 5) is 40.2. The predicted octanol–water partition coefficient (Wildman–Crippen LogP) is 3.86. The van der Waals surface area contributed by atoms with Gasteiger partial charge >= 0.3 is 17.9 Å². The van der Waals surface area contributed by atoms with E-state index in [-0.39, 0.29) is 11.3 Å². The van der Waals surface area contributed by atoms with Crippen LogP contribution in [0.25, 0.3) is 22.2 Å². The van der Waals surface area contributed by atoms with Gasteiger partial charge in [0.15, 0.2) is 0 Å². The van der Waals surface area contributed by atoms with E-state index in [2.05, 4.69) is 10.1 Å². The maximum atomic E-state index is 12.0. The zero-order valence-electron chi connectivity index (χ0n) is 18.1. The minimum atomic E-state index is -1.05. The Morgan fingerprint density at radius 2 is 1.78 bits per heavy atom. The molecule has 2 N–H and O–H groups in total. The van der Waals surface area contributed by atoms with Gasteiger partial charge in [-0.25, -0.2) is 19.4 Å². The van der Waals surface area contributed by atoms with Gasteiger partial charge in [-0.3, -0.25) is 0 Å². The molecular weight excluding hydrogens is 412 g/mol. The molecule has 0 bridgehead atoms. The molecule has 1 aromatic heterocycles. The average Bonchev–Trinajstić information content (AvgIpc) is 2.77. The van der Waals surface area contributed by atoms with E-state index >= 15 is 0 Å². The number of benzene rings is 2. The maximum Gasteiger partial charge on any atom is 0.354 e. The quantitative estimate of drug-likeness (QED) is 0.444. The molecule has 1 heterocycles. The van der Waals surface area contributed by atoms with Crippen molar-refractivity contribution in [3.63, 3.8) is 0 Å². The Bertz CT molecular complexity index is 1260. The SMILES string of the molecule is COC(=O)/C=C(/Nc1cccc(-c2cc(C(=O)O)c3cc(C)cc(C)c3n2)c1)C(=O)OC. The fourth-order valence-electron chi connectivity index (χ4n) is 3.35. The number of aryl methyl sites for hydroxylation is 2. The number of aromatic carboxylic acids is 1. The van der Waals surface area contributed by atoms with Crippen molar-refractivity contribution in [2.24, 2.45) is 0 Å². The third-order valence-corrected chi connectivity index (χ3v) is 4.78. The molecule has 0 atom stereocenters. The van der Waals surface area contributed by atoms with Gasteiger partial charge in [0.25, 0.3) is 0 Å². The summed E-state index contributed by atoms with van der Waals surface area (Å²) in [5, 5.41) is 13.2.